The molecular weight excluding hydrogens is 172 g/mol. The third-order valence-corrected chi connectivity index (χ3v) is 4.15. The minimum absolute atomic E-state index is 0.0556. The second-order valence-corrected chi connectivity index (χ2v) is 5.00. The molecule has 0 bridgehead atoms. The van der Waals surface area contributed by atoms with Crippen LogP contribution in [0.2, 0.25) is 0 Å². The quantitative estimate of drug-likeness (QED) is 0.631. The van der Waals surface area contributed by atoms with Gasteiger partial charge in [0.05, 0.1) is 13.2 Å². The lowest BCUT2D eigenvalue weighted by Gasteiger charge is -2.38. The predicted octanol–water partition coefficient (Wildman–Crippen LogP) is 1.73. The highest BCUT2D eigenvalue weighted by molar-refractivity contribution is 8.00. The number of hydrogen-bond acceptors (Lipinski definition) is 3. The molecule has 1 saturated heterocycles. The minimum atomic E-state index is 0.0556. The van der Waals surface area contributed by atoms with Crippen LogP contribution in [0.4, 0.5) is 0 Å². The zero-order chi connectivity index (χ0) is 9.03. The van der Waals surface area contributed by atoms with Crippen LogP contribution in [0.5, 0.6) is 0 Å². The Balaban J connectivity index is 2.62. The SMILES string of the molecule is CC(C)C1(CC=O)COCCS1. The molecule has 70 valence electrons. The first kappa shape index (κ1) is 10.1. The van der Waals surface area contributed by atoms with Gasteiger partial charge in [-0.05, 0) is 5.92 Å². The van der Waals surface area contributed by atoms with Crippen LogP contribution in [0, 0.1) is 5.92 Å². The van der Waals surface area contributed by atoms with E-state index in [9.17, 15) is 4.79 Å². The predicted molar refractivity (Wildman–Crippen MR) is 51.5 cm³/mol. The van der Waals surface area contributed by atoms with Crippen molar-refractivity contribution >= 4 is 18.0 Å². The number of thioether (sulfide) groups is 1. The van der Waals surface area contributed by atoms with Crippen LogP contribution >= 0.6 is 11.8 Å². The summed E-state index contributed by atoms with van der Waals surface area (Å²) in [7, 11) is 0. The zero-order valence-corrected chi connectivity index (χ0v) is 8.52. The maximum Gasteiger partial charge on any atom is 0.121 e. The normalized spacial score (nSPS) is 30.6. The van der Waals surface area contributed by atoms with Crippen LogP contribution in [0.1, 0.15) is 20.3 Å². The van der Waals surface area contributed by atoms with Gasteiger partial charge >= 0.3 is 0 Å². The summed E-state index contributed by atoms with van der Waals surface area (Å²) in [6.07, 6.45) is 1.64. The molecule has 0 aromatic heterocycles. The molecule has 0 saturated carbocycles. The number of carbonyl (C=O) groups excluding carboxylic acids is 1. The molecule has 1 rings (SSSR count). The first-order valence-electron chi connectivity index (χ1n) is 4.36. The highest BCUT2D eigenvalue weighted by Gasteiger charge is 2.36. The van der Waals surface area contributed by atoms with Crippen molar-refractivity contribution in [1.82, 2.24) is 0 Å². The van der Waals surface area contributed by atoms with Crippen molar-refractivity contribution in [1.29, 1.82) is 0 Å². The highest BCUT2D eigenvalue weighted by Crippen LogP contribution is 2.38. The maximum atomic E-state index is 10.5. The zero-order valence-electron chi connectivity index (χ0n) is 7.71. The molecular formula is C9H16O2S. The summed E-state index contributed by atoms with van der Waals surface area (Å²) >= 11 is 1.89. The van der Waals surface area contributed by atoms with Gasteiger partial charge in [0, 0.05) is 16.9 Å². The van der Waals surface area contributed by atoms with Gasteiger partial charge in [0.2, 0.25) is 0 Å². The van der Waals surface area contributed by atoms with E-state index >= 15 is 0 Å². The molecule has 1 atom stereocenters. The highest BCUT2D eigenvalue weighted by atomic mass is 32.2. The van der Waals surface area contributed by atoms with Crippen molar-refractivity contribution in [3.63, 3.8) is 0 Å². The summed E-state index contributed by atoms with van der Waals surface area (Å²) in [5.41, 5.74) is 0. The van der Waals surface area contributed by atoms with E-state index in [1.54, 1.807) is 0 Å². The van der Waals surface area contributed by atoms with E-state index in [1.165, 1.54) is 0 Å². The molecule has 2 nitrogen and oxygen atoms in total. The van der Waals surface area contributed by atoms with Gasteiger partial charge in [-0.2, -0.15) is 0 Å². The van der Waals surface area contributed by atoms with Crippen molar-refractivity contribution in [2.24, 2.45) is 5.92 Å². The molecule has 1 fully saturated rings. The molecule has 0 spiro atoms. The summed E-state index contributed by atoms with van der Waals surface area (Å²) in [5.74, 6) is 1.53. The van der Waals surface area contributed by atoms with E-state index in [-0.39, 0.29) is 4.75 Å². The Morgan fingerprint density at radius 2 is 2.42 bits per heavy atom. The third-order valence-electron chi connectivity index (χ3n) is 2.44. The van der Waals surface area contributed by atoms with Crippen LogP contribution in [0.3, 0.4) is 0 Å². The molecule has 0 aliphatic carbocycles. The van der Waals surface area contributed by atoms with Crippen molar-refractivity contribution in [3.05, 3.63) is 0 Å². The van der Waals surface area contributed by atoms with Crippen LogP contribution in [0.15, 0.2) is 0 Å². The fourth-order valence-corrected chi connectivity index (χ4v) is 2.71. The summed E-state index contributed by atoms with van der Waals surface area (Å²) in [4.78, 5) is 10.5. The van der Waals surface area contributed by atoms with Crippen molar-refractivity contribution in [3.8, 4) is 0 Å². The second-order valence-electron chi connectivity index (χ2n) is 3.49. The number of rotatable bonds is 3. The van der Waals surface area contributed by atoms with Crippen molar-refractivity contribution in [2.75, 3.05) is 19.0 Å². The molecule has 12 heavy (non-hydrogen) atoms. The van der Waals surface area contributed by atoms with E-state index < -0.39 is 0 Å². The van der Waals surface area contributed by atoms with Gasteiger partial charge in [0.15, 0.2) is 0 Å². The number of carbonyl (C=O) groups is 1. The molecule has 0 N–H and O–H groups in total. The second kappa shape index (κ2) is 4.28. The lowest BCUT2D eigenvalue weighted by Crippen LogP contribution is -2.41. The lowest BCUT2D eigenvalue weighted by molar-refractivity contribution is -0.109. The maximum absolute atomic E-state index is 10.5. The minimum Gasteiger partial charge on any atom is -0.379 e. The van der Waals surface area contributed by atoms with Crippen LogP contribution < -0.4 is 0 Å². The Labute approximate surface area is 78.1 Å². The molecule has 0 aromatic rings. The molecule has 1 aliphatic heterocycles. The Morgan fingerprint density at radius 3 is 2.83 bits per heavy atom. The molecule has 1 aliphatic rings. The Hall–Kier alpha value is -0.0200. The average Bonchev–Trinajstić information content (AvgIpc) is 2.06. The van der Waals surface area contributed by atoms with Crippen molar-refractivity contribution < 1.29 is 9.53 Å². The molecule has 0 aromatic carbocycles. The van der Waals surface area contributed by atoms with Gasteiger partial charge in [-0.3, -0.25) is 0 Å². The van der Waals surface area contributed by atoms with Gasteiger partial charge in [-0.25, -0.2) is 0 Å². The van der Waals surface area contributed by atoms with Crippen LogP contribution in [-0.4, -0.2) is 30.0 Å². The van der Waals surface area contributed by atoms with Gasteiger partial charge in [-0.1, -0.05) is 13.8 Å². The fraction of sp³-hybridized carbons (Fsp3) is 0.889. The van der Waals surface area contributed by atoms with E-state index in [1.807, 2.05) is 11.8 Å². The molecule has 3 heteroatoms. The fourth-order valence-electron chi connectivity index (χ4n) is 1.42. The van der Waals surface area contributed by atoms with Crippen LogP contribution in [0.25, 0.3) is 0 Å². The lowest BCUT2D eigenvalue weighted by atomic mass is 9.92. The molecule has 0 amide bonds. The van der Waals surface area contributed by atoms with Gasteiger partial charge < -0.3 is 9.53 Å². The molecule has 1 unspecified atom stereocenters. The Kier molecular flexibility index (Phi) is 3.59. The van der Waals surface area contributed by atoms with E-state index in [4.69, 9.17) is 4.74 Å². The van der Waals surface area contributed by atoms with Gasteiger partial charge in [0.1, 0.15) is 6.29 Å². The van der Waals surface area contributed by atoms with E-state index in [0.29, 0.717) is 12.3 Å². The first-order chi connectivity index (χ1) is 5.71. The van der Waals surface area contributed by atoms with Crippen LogP contribution in [-0.2, 0) is 9.53 Å². The van der Waals surface area contributed by atoms with E-state index in [0.717, 1.165) is 25.3 Å². The van der Waals surface area contributed by atoms with E-state index in [2.05, 4.69) is 13.8 Å². The van der Waals surface area contributed by atoms with Gasteiger partial charge in [0.25, 0.3) is 0 Å². The average molecular weight is 188 g/mol. The summed E-state index contributed by atoms with van der Waals surface area (Å²) in [5, 5.41) is 0. The summed E-state index contributed by atoms with van der Waals surface area (Å²) in [6, 6.07) is 0. The van der Waals surface area contributed by atoms with Crippen molar-refractivity contribution in [2.45, 2.75) is 25.0 Å². The standard InChI is InChI=1S/C9H16O2S/c1-8(2)9(3-4-10)7-11-5-6-12-9/h4,8H,3,5-7H2,1-2H3. The Morgan fingerprint density at radius 1 is 1.67 bits per heavy atom. The Bertz CT molecular complexity index is 151. The first-order valence-corrected chi connectivity index (χ1v) is 5.35. The number of hydrogen-bond donors (Lipinski definition) is 0. The topological polar surface area (TPSA) is 26.3 Å². The molecule has 1 heterocycles. The number of aldehydes is 1. The smallest absolute Gasteiger partial charge is 0.121 e. The summed E-state index contributed by atoms with van der Waals surface area (Å²) < 4.78 is 5.48. The monoisotopic (exact) mass is 188 g/mol. The van der Waals surface area contributed by atoms with Gasteiger partial charge in [-0.15, -0.1) is 11.8 Å². The summed E-state index contributed by atoms with van der Waals surface area (Å²) in [6.45, 7) is 5.88. The molecule has 0 radical (unpaired) electrons. The largest absolute Gasteiger partial charge is 0.379 e. The number of ether oxygens (including phenoxy) is 1. The third kappa shape index (κ3) is 2.02.